The number of anilines is 1. The third-order valence-electron chi connectivity index (χ3n) is 2.91. The molecule has 0 aliphatic heterocycles. The first-order valence-electron chi connectivity index (χ1n) is 5.93. The van der Waals surface area contributed by atoms with E-state index in [1.165, 1.54) is 0 Å². The van der Waals surface area contributed by atoms with Gasteiger partial charge < -0.3 is 10.3 Å². The van der Waals surface area contributed by atoms with E-state index in [-0.39, 0.29) is 0 Å². The molecule has 0 aliphatic rings. The van der Waals surface area contributed by atoms with E-state index in [2.05, 4.69) is 15.0 Å². The topological polar surface area (TPSA) is 69.6 Å². The molecule has 6 heteroatoms. The van der Waals surface area contributed by atoms with Crippen molar-refractivity contribution in [1.29, 1.82) is 0 Å². The van der Waals surface area contributed by atoms with Gasteiger partial charge in [-0.3, -0.25) is 0 Å². The number of aromatic nitrogens is 4. The standard InChI is InChI=1S/C13H12ClN5/c1-2-19-7-16-10-11(15)17-12(18-13(10)19)8-4-3-5-9(14)6-8/h3-7H,2H2,1H3,(H2,15,17,18). The lowest BCUT2D eigenvalue weighted by atomic mass is 10.2. The molecule has 0 saturated carbocycles. The number of rotatable bonds is 2. The van der Waals surface area contributed by atoms with Crippen molar-refractivity contribution in [3.05, 3.63) is 35.6 Å². The molecular weight excluding hydrogens is 262 g/mol. The zero-order chi connectivity index (χ0) is 13.4. The fourth-order valence-corrected chi connectivity index (χ4v) is 2.14. The van der Waals surface area contributed by atoms with Crippen molar-refractivity contribution in [2.75, 3.05) is 5.73 Å². The number of benzene rings is 1. The van der Waals surface area contributed by atoms with Crippen molar-refractivity contribution in [3.8, 4) is 11.4 Å². The number of hydrogen-bond donors (Lipinski definition) is 1. The number of aryl methyl sites for hydroxylation is 1. The molecule has 3 rings (SSSR count). The summed E-state index contributed by atoms with van der Waals surface area (Å²) < 4.78 is 1.93. The Balaban J connectivity index is 2.25. The van der Waals surface area contributed by atoms with Crippen LogP contribution in [0.25, 0.3) is 22.6 Å². The van der Waals surface area contributed by atoms with Crippen molar-refractivity contribution >= 4 is 28.6 Å². The molecule has 2 heterocycles. The first-order valence-corrected chi connectivity index (χ1v) is 6.31. The second-order valence-electron chi connectivity index (χ2n) is 4.15. The Morgan fingerprint density at radius 3 is 2.89 bits per heavy atom. The summed E-state index contributed by atoms with van der Waals surface area (Å²) in [7, 11) is 0. The first-order chi connectivity index (χ1) is 9.19. The Labute approximate surface area is 115 Å². The predicted octanol–water partition coefficient (Wildman–Crippen LogP) is 2.75. The maximum absolute atomic E-state index is 5.99. The summed E-state index contributed by atoms with van der Waals surface area (Å²) in [6, 6.07) is 7.38. The molecule has 2 aromatic heterocycles. The van der Waals surface area contributed by atoms with Crippen molar-refractivity contribution < 1.29 is 0 Å². The van der Waals surface area contributed by atoms with E-state index in [4.69, 9.17) is 17.3 Å². The highest BCUT2D eigenvalue weighted by atomic mass is 35.5. The van der Waals surface area contributed by atoms with Gasteiger partial charge in [-0.25, -0.2) is 15.0 Å². The molecule has 0 unspecified atom stereocenters. The number of nitrogen functional groups attached to an aromatic ring is 1. The van der Waals surface area contributed by atoms with Gasteiger partial charge in [0.15, 0.2) is 17.3 Å². The van der Waals surface area contributed by atoms with Crippen molar-refractivity contribution in [2.45, 2.75) is 13.5 Å². The van der Waals surface area contributed by atoms with E-state index >= 15 is 0 Å². The molecule has 0 atom stereocenters. The summed E-state index contributed by atoms with van der Waals surface area (Å²) in [4.78, 5) is 13.0. The number of nitrogens with two attached hydrogens (primary N) is 1. The average molecular weight is 274 g/mol. The van der Waals surface area contributed by atoms with Gasteiger partial charge in [0.25, 0.3) is 0 Å². The van der Waals surface area contributed by atoms with Crippen LogP contribution in [0.1, 0.15) is 6.92 Å². The molecule has 19 heavy (non-hydrogen) atoms. The Kier molecular flexibility index (Phi) is 2.83. The fourth-order valence-electron chi connectivity index (χ4n) is 1.95. The van der Waals surface area contributed by atoms with E-state index in [1.807, 2.05) is 35.8 Å². The number of hydrogen-bond acceptors (Lipinski definition) is 4. The molecule has 3 aromatic rings. The van der Waals surface area contributed by atoms with Crippen LogP contribution in [-0.4, -0.2) is 19.5 Å². The summed E-state index contributed by atoms with van der Waals surface area (Å²) >= 11 is 5.99. The summed E-state index contributed by atoms with van der Waals surface area (Å²) in [6.07, 6.45) is 1.72. The zero-order valence-electron chi connectivity index (χ0n) is 10.3. The molecule has 1 aromatic carbocycles. The van der Waals surface area contributed by atoms with Crippen LogP contribution in [0.3, 0.4) is 0 Å². The zero-order valence-corrected chi connectivity index (χ0v) is 11.1. The first kappa shape index (κ1) is 11.9. The van der Waals surface area contributed by atoms with Gasteiger partial charge in [0, 0.05) is 17.1 Å². The van der Waals surface area contributed by atoms with Crippen LogP contribution in [0, 0.1) is 0 Å². The molecule has 2 N–H and O–H groups in total. The lowest BCUT2D eigenvalue weighted by Crippen LogP contribution is -2.00. The van der Waals surface area contributed by atoms with Gasteiger partial charge in [0.05, 0.1) is 6.33 Å². The van der Waals surface area contributed by atoms with Crippen molar-refractivity contribution in [3.63, 3.8) is 0 Å². The van der Waals surface area contributed by atoms with E-state index in [9.17, 15) is 0 Å². The monoisotopic (exact) mass is 273 g/mol. The van der Waals surface area contributed by atoms with Gasteiger partial charge in [-0.2, -0.15) is 0 Å². The number of halogens is 1. The lowest BCUT2D eigenvalue weighted by Gasteiger charge is -2.04. The highest BCUT2D eigenvalue weighted by Gasteiger charge is 2.11. The molecule has 0 saturated heterocycles. The Morgan fingerprint density at radius 1 is 1.32 bits per heavy atom. The second kappa shape index (κ2) is 4.51. The maximum atomic E-state index is 5.99. The molecule has 0 fully saturated rings. The minimum Gasteiger partial charge on any atom is -0.382 e. The van der Waals surface area contributed by atoms with Crippen LogP contribution >= 0.6 is 11.6 Å². The number of nitrogens with zero attached hydrogens (tertiary/aromatic N) is 4. The second-order valence-corrected chi connectivity index (χ2v) is 4.58. The Morgan fingerprint density at radius 2 is 2.16 bits per heavy atom. The van der Waals surface area contributed by atoms with Crippen LogP contribution in [0.5, 0.6) is 0 Å². The highest BCUT2D eigenvalue weighted by Crippen LogP contribution is 2.24. The third-order valence-corrected chi connectivity index (χ3v) is 3.15. The SMILES string of the molecule is CCn1cnc2c(N)nc(-c3cccc(Cl)c3)nc21. The molecule has 0 radical (unpaired) electrons. The molecule has 5 nitrogen and oxygen atoms in total. The molecule has 96 valence electrons. The van der Waals surface area contributed by atoms with Crippen LogP contribution in [0.15, 0.2) is 30.6 Å². The van der Waals surface area contributed by atoms with Gasteiger partial charge in [-0.05, 0) is 19.1 Å². The summed E-state index contributed by atoms with van der Waals surface area (Å²) in [6.45, 7) is 2.81. The lowest BCUT2D eigenvalue weighted by molar-refractivity contribution is 0.778. The van der Waals surface area contributed by atoms with Crippen molar-refractivity contribution in [2.24, 2.45) is 0 Å². The quantitative estimate of drug-likeness (QED) is 0.779. The van der Waals surface area contributed by atoms with Crippen molar-refractivity contribution in [1.82, 2.24) is 19.5 Å². The summed E-state index contributed by atoms with van der Waals surface area (Å²) in [5, 5.41) is 0.642. The van der Waals surface area contributed by atoms with Crippen LogP contribution in [-0.2, 0) is 6.54 Å². The minimum absolute atomic E-state index is 0.382. The number of imidazole rings is 1. The minimum atomic E-state index is 0.382. The van der Waals surface area contributed by atoms with E-state index in [0.717, 1.165) is 17.8 Å². The normalized spacial score (nSPS) is 11.1. The summed E-state index contributed by atoms with van der Waals surface area (Å²) in [5.41, 5.74) is 8.15. The van der Waals surface area contributed by atoms with Gasteiger partial charge in [-0.15, -0.1) is 0 Å². The van der Waals surface area contributed by atoms with E-state index in [1.54, 1.807) is 6.33 Å². The highest BCUT2D eigenvalue weighted by molar-refractivity contribution is 6.30. The molecular formula is C13H12ClN5. The fraction of sp³-hybridized carbons (Fsp3) is 0.154. The molecule has 0 spiro atoms. The summed E-state index contributed by atoms with van der Waals surface area (Å²) in [5.74, 6) is 0.940. The smallest absolute Gasteiger partial charge is 0.166 e. The van der Waals surface area contributed by atoms with Crippen LogP contribution in [0.2, 0.25) is 5.02 Å². The average Bonchev–Trinajstić information content (AvgIpc) is 2.82. The van der Waals surface area contributed by atoms with Gasteiger partial charge in [0.2, 0.25) is 0 Å². The number of fused-ring (bicyclic) bond motifs is 1. The van der Waals surface area contributed by atoms with E-state index < -0.39 is 0 Å². The van der Waals surface area contributed by atoms with E-state index in [0.29, 0.717) is 22.2 Å². The van der Waals surface area contributed by atoms with Gasteiger partial charge in [-0.1, -0.05) is 23.7 Å². The maximum Gasteiger partial charge on any atom is 0.166 e. The van der Waals surface area contributed by atoms with Crippen LogP contribution in [0.4, 0.5) is 5.82 Å². The van der Waals surface area contributed by atoms with Crippen LogP contribution < -0.4 is 5.73 Å². The largest absolute Gasteiger partial charge is 0.382 e. The predicted molar refractivity (Wildman–Crippen MR) is 75.9 cm³/mol. The Bertz CT molecular complexity index is 750. The third kappa shape index (κ3) is 2.02. The Hall–Kier alpha value is -2.14. The molecule has 0 amide bonds. The molecule has 0 aliphatic carbocycles. The van der Waals surface area contributed by atoms with Gasteiger partial charge >= 0.3 is 0 Å². The molecule has 0 bridgehead atoms. The van der Waals surface area contributed by atoms with Gasteiger partial charge in [0.1, 0.15) is 5.52 Å².